The number of para-hydroxylation sites is 1. The molecular weight excluding hydrogens is 897 g/mol. The molecule has 0 bridgehead atoms. The van der Waals surface area contributed by atoms with Crippen LogP contribution in [0.4, 0.5) is 0 Å². The Morgan fingerprint density at radius 1 is 0.521 bits per heavy atom. The van der Waals surface area contributed by atoms with Crippen molar-refractivity contribution in [3.8, 4) is 0 Å². The van der Waals surface area contributed by atoms with Gasteiger partial charge in [-0.2, -0.15) is 5.10 Å². The largest absolute Gasteiger partial charge is 0.361 e. The van der Waals surface area contributed by atoms with Crippen LogP contribution in [0, 0.1) is 41.5 Å². The molecule has 0 unspecified atom stereocenters. The third-order valence-corrected chi connectivity index (χ3v) is 13.0. The van der Waals surface area contributed by atoms with Crippen LogP contribution in [0.15, 0.2) is 96.4 Å². The number of pyridine rings is 2. The Morgan fingerprint density at radius 2 is 1.13 bits per heavy atom. The van der Waals surface area contributed by atoms with Gasteiger partial charge in [0.15, 0.2) is 0 Å². The van der Waals surface area contributed by atoms with Gasteiger partial charge in [0.1, 0.15) is 11.4 Å². The smallest absolute Gasteiger partial charge is 0.137 e. The van der Waals surface area contributed by atoms with E-state index in [1.165, 1.54) is 76.9 Å². The monoisotopic (exact) mass is 983 g/mol. The standard InChI is InChI=1S/C12H15N.C11H14N2.C8H13NO.C8H13NS.C8H11N.2C6H10N2/c1-8(2)12-9(3)13-11-7-5-4-6-10(11)12;1-7(2)10-8(3)13-11-9(10)5-4-6-12-11;1-5(2)8-6(3)9-10-7(8)4;1-5(2)8-6(3)9-7(4)10-8;1-7(2)8-4-3-5-9-6-8;1-5(2)6-3-7-4-8-6;1-5(2)6-3-4-7-8-6/h4-8,13H,1-3H3;4-7H,1-3H3,(H,12,13);2*5H,1-4H3;3-7H,1-2H3;2*3-5H,1-2H3,(H,7,8). The second-order valence-electron chi connectivity index (χ2n) is 20.1. The summed E-state index contributed by atoms with van der Waals surface area (Å²) in [5, 5.41) is 14.4. The number of aromatic amines is 4. The summed E-state index contributed by atoms with van der Waals surface area (Å²) in [6, 6.07) is 18.7. The van der Waals surface area contributed by atoms with Crippen molar-refractivity contribution in [2.45, 2.75) is 180 Å². The molecule has 1 aromatic carbocycles. The van der Waals surface area contributed by atoms with Gasteiger partial charge in [0.25, 0.3) is 0 Å². The van der Waals surface area contributed by atoms with Gasteiger partial charge in [-0.05, 0) is 130 Å². The first-order valence-electron chi connectivity index (χ1n) is 25.3. The van der Waals surface area contributed by atoms with E-state index in [2.05, 4.69) is 211 Å². The lowest BCUT2D eigenvalue weighted by Crippen LogP contribution is -1.89. The number of benzene rings is 1. The van der Waals surface area contributed by atoms with Crippen molar-refractivity contribution in [3.05, 3.63) is 164 Å². The van der Waals surface area contributed by atoms with Crippen molar-refractivity contribution >= 4 is 33.3 Å². The van der Waals surface area contributed by atoms with Crippen LogP contribution in [-0.4, -0.2) is 50.2 Å². The van der Waals surface area contributed by atoms with Gasteiger partial charge in [-0.3, -0.25) is 10.1 Å². The minimum atomic E-state index is 0.520. The second kappa shape index (κ2) is 29.3. The van der Waals surface area contributed by atoms with E-state index in [9.17, 15) is 0 Å². The molecule has 11 nitrogen and oxygen atoms in total. The number of hydrogen-bond donors (Lipinski definition) is 4. The fourth-order valence-electron chi connectivity index (χ4n) is 8.24. The summed E-state index contributed by atoms with van der Waals surface area (Å²) in [7, 11) is 0. The predicted octanol–water partition coefficient (Wildman–Crippen LogP) is 17.2. The normalized spacial score (nSPS) is 10.9. The molecule has 12 heteroatoms. The quantitative estimate of drug-likeness (QED) is 0.124. The second-order valence-corrected chi connectivity index (χ2v) is 21.3. The van der Waals surface area contributed by atoms with Crippen molar-refractivity contribution in [2.75, 3.05) is 0 Å². The molecule has 0 spiro atoms. The third-order valence-electron chi connectivity index (χ3n) is 11.7. The molecule has 9 rings (SSSR count). The summed E-state index contributed by atoms with van der Waals surface area (Å²) in [4.78, 5) is 27.7. The molecular formula is C59H86N10OS. The van der Waals surface area contributed by atoms with Gasteiger partial charge in [-0.25, -0.2) is 15.0 Å². The number of aryl methyl sites for hydroxylation is 6. The summed E-state index contributed by atoms with van der Waals surface area (Å²) in [6.45, 7) is 42.8. The van der Waals surface area contributed by atoms with E-state index < -0.39 is 0 Å². The number of aromatic nitrogens is 10. The lowest BCUT2D eigenvalue weighted by molar-refractivity contribution is 0.392. The highest BCUT2D eigenvalue weighted by atomic mass is 32.1. The number of H-pyrrole nitrogens is 4. The van der Waals surface area contributed by atoms with Crippen molar-refractivity contribution < 1.29 is 4.52 Å². The first-order valence-corrected chi connectivity index (χ1v) is 26.1. The summed E-state index contributed by atoms with van der Waals surface area (Å²) in [6.07, 6.45) is 10.9. The lowest BCUT2D eigenvalue weighted by Gasteiger charge is -2.04. The van der Waals surface area contributed by atoms with Gasteiger partial charge in [-0.1, -0.05) is 126 Å². The number of rotatable bonds is 7. The zero-order valence-electron chi connectivity index (χ0n) is 46.7. The summed E-state index contributed by atoms with van der Waals surface area (Å²) < 4.78 is 5.01. The van der Waals surface area contributed by atoms with Gasteiger partial charge < -0.3 is 19.5 Å². The van der Waals surface area contributed by atoms with E-state index in [0.29, 0.717) is 41.4 Å². The molecule has 8 heterocycles. The van der Waals surface area contributed by atoms with E-state index in [1.54, 1.807) is 18.7 Å². The molecule has 0 atom stereocenters. The highest BCUT2D eigenvalue weighted by molar-refractivity contribution is 7.11. The van der Waals surface area contributed by atoms with E-state index in [-0.39, 0.29) is 0 Å². The molecule has 4 N–H and O–H groups in total. The fourth-order valence-corrected chi connectivity index (χ4v) is 9.17. The number of imidazole rings is 1. The molecule has 0 saturated heterocycles. The Balaban J connectivity index is 0.000000221. The van der Waals surface area contributed by atoms with Crippen molar-refractivity contribution in [1.29, 1.82) is 0 Å². The van der Waals surface area contributed by atoms with Gasteiger partial charge in [-0.15, -0.1) is 11.3 Å². The van der Waals surface area contributed by atoms with Crippen LogP contribution in [0.25, 0.3) is 21.9 Å². The molecule has 0 saturated carbocycles. The summed E-state index contributed by atoms with van der Waals surface area (Å²) in [5.41, 5.74) is 14.8. The SMILES string of the molecule is CC(C)c1cccnc1.CC(C)c1ccn[nH]1.CC(C)c1cnc[nH]1.Cc1[nH]c2ccccc2c1C(C)C.Cc1[nH]c2ncccc2c1C(C)C.Cc1nc(C)c(C(C)C)s1.Cc1noc(C)c1C(C)C. The maximum atomic E-state index is 5.01. The maximum absolute atomic E-state index is 5.01. The Labute approximate surface area is 430 Å². The van der Waals surface area contributed by atoms with Gasteiger partial charge >= 0.3 is 0 Å². The number of hydrogen-bond acceptors (Lipinski definition) is 8. The average Bonchev–Trinajstić information content (AvgIpc) is 4.19. The van der Waals surface area contributed by atoms with E-state index in [4.69, 9.17) is 4.52 Å². The zero-order valence-corrected chi connectivity index (χ0v) is 47.5. The Bertz CT molecular complexity index is 2680. The molecule has 0 amide bonds. The highest BCUT2D eigenvalue weighted by Gasteiger charge is 2.13. The number of nitrogens with one attached hydrogen (secondary N) is 4. The third kappa shape index (κ3) is 18.5. The predicted molar refractivity (Wildman–Crippen MR) is 301 cm³/mol. The van der Waals surface area contributed by atoms with E-state index >= 15 is 0 Å². The molecule has 0 radical (unpaired) electrons. The average molecular weight is 983 g/mol. The molecule has 9 aromatic rings. The molecule has 384 valence electrons. The van der Waals surface area contributed by atoms with Crippen molar-refractivity contribution in [3.63, 3.8) is 0 Å². The summed E-state index contributed by atoms with van der Waals surface area (Å²) in [5.74, 6) is 4.98. The fraction of sp³-hybridized carbons (Fsp3) is 0.458. The Hall–Kier alpha value is -6.14. The molecule has 0 aliphatic carbocycles. The van der Waals surface area contributed by atoms with Crippen LogP contribution < -0.4 is 0 Å². The minimum absolute atomic E-state index is 0.520. The first kappa shape index (κ1) is 59.2. The molecule has 0 aliphatic heterocycles. The number of thiazole rings is 1. The van der Waals surface area contributed by atoms with Crippen LogP contribution in [0.1, 0.15) is 210 Å². The number of fused-ring (bicyclic) bond motifs is 2. The van der Waals surface area contributed by atoms with Crippen LogP contribution in [0.5, 0.6) is 0 Å². The van der Waals surface area contributed by atoms with Gasteiger partial charge in [0.05, 0.1) is 22.7 Å². The molecule has 0 fully saturated rings. The van der Waals surface area contributed by atoms with Crippen molar-refractivity contribution in [2.24, 2.45) is 0 Å². The Kier molecular flexibility index (Phi) is 24.4. The van der Waals surface area contributed by atoms with E-state index in [1.807, 2.05) is 62.0 Å². The van der Waals surface area contributed by atoms with Crippen LogP contribution in [0.2, 0.25) is 0 Å². The topological polar surface area (TPSA) is 154 Å². The molecule has 8 aromatic heterocycles. The maximum Gasteiger partial charge on any atom is 0.137 e. The molecule has 71 heavy (non-hydrogen) atoms. The van der Waals surface area contributed by atoms with E-state index in [0.717, 1.165) is 17.1 Å². The van der Waals surface area contributed by atoms with Crippen LogP contribution in [0.3, 0.4) is 0 Å². The van der Waals surface area contributed by atoms with Crippen LogP contribution in [-0.2, 0) is 0 Å². The Morgan fingerprint density at radius 3 is 1.54 bits per heavy atom. The summed E-state index contributed by atoms with van der Waals surface area (Å²) >= 11 is 1.81. The van der Waals surface area contributed by atoms with Gasteiger partial charge in [0.2, 0.25) is 0 Å². The number of nitrogens with zero attached hydrogens (tertiary/aromatic N) is 6. The lowest BCUT2D eigenvalue weighted by atomic mass is 10.00. The van der Waals surface area contributed by atoms with Gasteiger partial charge in [0, 0.05) is 80.5 Å². The first-order chi connectivity index (χ1) is 33.5. The highest BCUT2D eigenvalue weighted by Crippen LogP contribution is 2.29. The van der Waals surface area contributed by atoms with Crippen LogP contribution >= 0.6 is 11.3 Å². The van der Waals surface area contributed by atoms with Crippen molar-refractivity contribution in [1.82, 2.24) is 50.2 Å². The zero-order chi connectivity index (χ0) is 52.9. The minimum Gasteiger partial charge on any atom is -0.361 e. The molecule has 0 aliphatic rings.